The van der Waals surface area contributed by atoms with Gasteiger partial charge in [-0.2, -0.15) is 0 Å². The molecule has 0 spiro atoms. The molecule has 1 rings (SSSR count). The zero-order valence-electron chi connectivity index (χ0n) is 13.5. The highest BCUT2D eigenvalue weighted by Crippen LogP contribution is 2.10. The highest BCUT2D eigenvalue weighted by atomic mass is 16.5. The van der Waals surface area contributed by atoms with Crippen molar-refractivity contribution in [1.29, 1.82) is 0 Å². The monoisotopic (exact) mass is 283 g/mol. The SMILES string of the molecule is CC(C)COCCOCc1cc(CNC(C)(C)C)co1. The number of nitrogens with one attached hydrogen (secondary N) is 1. The first-order valence-electron chi connectivity index (χ1n) is 7.33. The van der Waals surface area contributed by atoms with Gasteiger partial charge in [0.2, 0.25) is 0 Å². The minimum Gasteiger partial charge on any atom is -0.467 e. The van der Waals surface area contributed by atoms with Crippen LogP contribution in [0.4, 0.5) is 0 Å². The molecule has 0 aliphatic carbocycles. The van der Waals surface area contributed by atoms with Crippen LogP contribution in [0.3, 0.4) is 0 Å². The summed E-state index contributed by atoms with van der Waals surface area (Å²) in [5.41, 5.74) is 1.26. The molecule has 116 valence electrons. The summed E-state index contributed by atoms with van der Waals surface area (Å²) in [5.74, 6) is 1.43. The third kappa shape index (κ3) is 8.35. The summed E-state index contributed by atoms with van der Waals surface area (Å²) in [6.07, 6.45) is 1.78. The molecule has 4 nitrogen and oxygen atoms in total. The summed E-state index contributed by atoms with van der Waals surface area (Å²) in [6.45, 7) is 14.0. The fraction of sp³-hybridized carbons (Fsp3) is 0.750. The van der Waals surface area contributed by atoms with Crippen LogP contribution >= 0.6 is 0 Å². The van der Waals surface area contributed by atoms with Gasteiger partial charge in [0.05, 0.1) is 19.5 Å². The van der Waals surface area contributed by atoms with Gasteiger partial charge in [-0.05, 0) is 32.8 Å². The van der Waals surface area contributed by atoms with Gasteiger partial charge in [-0.3, -0.25) is 0 Å². The summed E-state index contributed by atoms with van der Waals surface area (Å²) in [6, 6.07) is 2.04. The van der Waals surface area contributed by atoms with E-state index in [1.165, 1.54) is 0 Å². The Bertz CT molecular complexity index is 366. The quantitative estimate of drug-likeness (QED) is 0.706. The van der Waals surface area contributed by atoms with Crippen LogP contribution in [0.2, 0.25) is 0 Å². The van der Waals surface area contributed by atoms with E-state index in [0.717, 1.165) is 24.5 Å². The Morgan fingerprint density at radius 1 is 1.20 bits per heavy atom. The van der Waals surface area contributed by atoms with Crippen LogP contribution in [0.25, 0.3) is 0 Å². The molecular weight excluding hydrogens is 254 g/mol. The van der Waals surface area contributed by atoms with Gasteiger partial charge in [-0.15, -0.1) is 0 Å². The van der Waals surface area contributed by atoms with E-state index in [1.54, 1.807) is 6.26 Å². The van der Waals surface area contributed by atoms with Crippen LogP contribution in [0, 0.1) is 5.92 Å². The van der Waals surface area contributed by atoms with Crippen molar-refractivity contribution in [2.45, 2.75) is 53.3 Å². The normalized spacial score (nSPS) is 12.3. The van der Waals surface area contributed by atoms with Crippen LogP contribution in [0.15, 0.2) is 16.7 Å². The summed E-state index contributed by atoms with van der Waals surface area (Å²) < 4.78 is 16.4. The smallest absolute Gasteiger partial charge is 0.129 e. The minimum atomic E-state index is 0.113. The Morgan fingerprint density at radius 2 is 1.90 bits per heavy atom. The standard InChI is InChI=1S/C16H29NO3/c1-13(2)10-18-6-7-19-12-15-8-14(11-20-15)9-17-16(3,4)5/h8,11,13,17H,6-7,9-10,12H2,1-5H3. The van der Waals surface area contributed by atoms with E-state index in [9.17, 15) is 0 Å². The van der Waals surface area contributed by atoms with Gasteiger partial charge in [-0.1, -0.05) is 13.8 Å². The lowest BCUT2D eigenvalue weighted by molar-refractivity contribution is 0.0264. The molecule has 0 amide bonds. The number of furan rings is 1. The van der Waals surface area contributed by atoms with Crippen LogP contribution < -0.4 is 5.32 Å². The van der Waals surface area contributed by atoms with E-state index >= 15 is 0 Å². The van der Waals surface area contributed by atoms with Crippen LogP contribution in [-0.4, -0.2) is 25.4 Å². The van der Waals surface area contributed by atoms with Gasteiger partial charge >= 0.3 is 0 Å². The summed E-state index contributed by atoms with van der Waals surface area (Å²) >= 11 is 0. The van der Waals surface area contributed by atoms with Crippen molar-refractivity contribution in [2.75, 3.05) is 19.8 Å². The Kier molecular flexibility index (Phi) is 7.27. The minimum absolute atomic E-state index is 0.113. The maximum Gasteiger partial charge on any atom is 0.129 e. The highest BCUT2D eigenvalue weighted by Gasteiger charge is 2.09. The molecule has 0 radical (unpaired) electrons. The molecular formula is C16H29NO3. The number of hydrogen-bond acceptors (Lipinski definition) is 4. The van der Waals surface area contributed by atoms with E-state index in [1.807, 2.05) is 6.07 Å². The molecule has 20 heavy (non-hydrogen) atoms. The second-order valence-corrected chi connectivity index (χ2v) is 6.55. The molecule has 1 N–H and O–H groups in total. The van der Waals surface area contributed by atoms with Crippen LogP contribution in [0.5, 0.6) is 0 Å². The molecule has 0 aliphatic rings. The molecule has 0 atom stereocenters. The molecule has 1 aromatic rings. The fourth-order valence-electron chi connectivity index (χ4n) is 1.57. The van der Waals surface area contributed by atoms with E-state index < -0.39 is 0 Å². The predicted molar refractivity (Wildman–Crippen MR) is 80.6 cm³/mol. The summed E-state index contributed by atoms with van der Waals surface area (Å²) in [4.78, 5) is 0. The Morgan fingerprint density at radius 3 is 2.55 bits per heavy atom. The molecule has 4 heteroatoms. The van der Waals surface area contributed by atoms with Gasteiger partial charge in [0.1, 0.15) is 12.4 Å². The van der Waals surface area contributed by atoms with Crippen LogP contribution in [0.1, 0.15) is 45.9 Å². The number of ether oxygens (including phenoxy) is 2. The third-order valence-electron chi connectivity index (χ3n) is 2.60. The van der Waals surface area contributed by atoms with Gasteiger partial charge in [-0.25, -0.2) is 0 Å². The van der Waals surface area contributed by atoms with E-state index in [-0.39, 0.29) is 5.54 Å². The molecule has 0 saturated carbocycles. The second kappa shape index (κ2) is 8.45. The average Bonchev–Trinajstić information content (AvgIpc) is 2.78. The fourth-order valence-corrected chi connectivity index (χ4v) is 1.57. The van der Waals surface area contributed by atoms with E-state index in [2.05, 4.69) is 39.9 Å². The van der Waals surface area contributed by atoms with E-state index in [4.69, 9.17) is 13.9 Å². The molecule has 0 fully saturated rings. The number of hydrogen-bond donors (Lipinski definition) is 1. The van der Waals surface area contributed by atoms with Crippen LogP contribution in [-0.2, 0) is 22.6 Å². The Labute approximate surface area is 122 Å². The van der Waals surface area contributed by atoms with Crippen molar-refractivity contribution in [3.05, 3.63) is 23.7 Å². The predicted octanol–water partition coefficient (Wildman–Crippen LogP) is 3.36. The first kappa shape index (κ1) is 17.2. The first-order chi connectivity index (χ1) is 9.37. The topological polar surface area (TPSA) is 43.6 Å². The summed E-state index contributed by atoms with van der Waals surface area (Å²) in [5, 5.41) is 3.43. The van der Waals surface area contributed by atoms with Gasteiger partial charge in [0.25, 0.3) is 0 Å². The maximum atomic E-state index is 5.52. The zero-order valence-corrected chi connectivity index (χ0v) is 13.5. The summed E-state index contributed by atoms with van der Waals surface area (Å²) in [7, 11) is 0. The average molecular weight is 283 g/mol. The third-order valence-corrected chi connectivity index (χ3v) is 2.60. The lowest BCUT2D eigenvalue weighted by Gasteiger charge is -2.19. The van der Waals surface area contributed by atoms with Gasteiger partial charge in [0, 0.05) is 24.3 Å². The molecule has 1 aromatic heterocycles. The van der Waals surface area contributed by atoms with Crippen molar-refractivity contribution >= 4 is 0 Å². The molecule has 0 saturated heterocycles. The Hall–Kier alpha value is -0.840. The van der Waals surface area contributed by atoms with E-state index in [0.29, 0.717) is 25.7 Å². The Balaban J connectivity index is 2.14. The molecule has 0 aromatic carbocycles. The van der Waals surface area contributed by atoms with Crippen molar-refractivity contribution in [2.24, 2.45) is 5.92 Å². The van der Waals surface area contributed by atoms with Gasteiger partial charge in [0.15, 0.2) is 0 Å². The number of rotatable bonds is 9. The molecule has 0 aliphatic heterocycles. The lowest BCUT2D eigenvalue weighted by Crippen LogP contribution is -2.34. The highest BCUT2D eigenvalue weighted by molar-refractivity contribution is 5.12. The largest absolute Gasteiger partial charge is 0.467 e. The molecule has 0 bridgehead atoms. The van der Waals surface area contributed by atoms with Gasteiger partial charge < -0.3 is 19.2 Å². The maximum absolute atomic E-state index is 5.52. The first-order valence-corrected chi connectivity index (χ1v) is 7.33. The van der Waals surface area contributed by atoms with Crippen molar-refractivity contribution in [3.8, 4) is 0 Å². The molecule has 0 unspecified atom stereocenters. The lowest BCUT2D eigenvalue weighted by atomic mass is 10.1. The van der Waals surface area contributed by atoms with Crippen molar-refractivity contribution in [3.63, 3.8) is 0 Å². The second-order valence-electron chi connectivity index (χ2n) is 6.55. The van der Waals surface area contributed by atoms with Crippen molar-refractivity contribution < 1.29 is 13.9 Å². The zero-order chi connectivity index (χ0) is 15.0. The van der Waals surface area contributed by atoms with Crippen molar-refractivity contribution in [1.82, 2.24) is 5.32 Å². The molecule has 1 heterocycles.